The molecule has 118 valence electrons. The summed E-state index contributed by atoms with van der Waals surface area (Å²) in [6, 6.07) is 4.99. The van der Waals surface area contributed by atoms with Crippen LogP contribution in [0.2, 0.25) is 0 Å². The van der Waals surface area contributed by atoms with Crippen LogP contribution in [0.4, 0.5) is 5.82 Å². The summed E-state index contributed by atoms with van der Waals surface area (Å²) >= 11 is 0. The number of pyridine rings is 1. The fourth-order valence-corrected chi connectivity index (χ4v) is 3.24. The van der Waals surface area contributed by atoms with Gasteiger partial charge in [-0.15, -0.1) is 0 Å². The average Bonchev–Trinajstić information content (AvgIpc) is 3.04. The predicted molar refractivity (Wildman–Crippen MR) is 87.6 cm³/mol. The van der Waals surface area contributed by atoms with E-state index in [0.29, 0.717) is 12.6 Å². The Kier molecular flexibility index (Phi) is 6.46. The molecule has 1 aromatic rings. The number of hydrogen-bond acceptors (Lipinski definition) is 4. The van der Waals surface area contributed by atoms with Crippen molar-refractivity contribution >= 4 is 5.82 Å². The molecule has 1 heterocycles. The van der Waals surface area contributed by atoms with Gasteiger partial charge in [0.2, 0.25) is 0 Å². The van der Waals surface area contributed by atoms with Crippen molar-refractivity contribution in [1.29, 1.82) is 0 Å². The van der Waals surface area contributed by atoms with Crippen molar-refractivity contribution in [3.05, 3.63) is 23.9 Å². The third-order valence-corrected chi connectivity index (χ3v) is 4.36. The van der Waals surface area contributed by atoms with Gasteiger partial charge in [0.25, 0.3) is 0 Å². The molecule has 0 aromatic carbocycles. The molecule has 0 radical (unpaired) electrons. The van der Waals surface area contributed by atoms with Crippen LogP contribution in [0.5, 0.6) is 0 Å². The molecule has 0 bridgehead atoms. The van der Waals surface area contributed by atoms with Crippen molar-refractivity contribution < 1.29 is 5.11 Å². The average molecular weight is 291 g/mol. The molecule has 2 N–H and O–H groups in total. The SMILES string of the molecule is CCCNC(C)c1cccnc1N(CCO)C1CCCC1. The third kappa shape index (κ3) is 4.17. The monoisotopic (exact) mass is 291 g/mol. The number of aliphatic hydroxyl groups is 1. The lowest BCUT2D eigenvalue weighted by Gasteiger charge is -2.32. The number of rotatable bonds is 8. The van der Waals surface area contributed by atoms with E-state index in [-0.39, 0.29) is 12.6 Å². The standard InChI is InChI=1S/C17H29N3O/c1-3-10-18-14(2)16-9-6-11-19-17(16)20(12-13-21)15-7-4-5-8-15/h6,9,11,14-15,18,21H,3-5,7-8,10,12-13H2,1-2H3. The van der Waals surface area contributed by atoms with Crippen LogP contribution in [0, 0.1) is 0 Å². The van der Waals surface area contributed by atoms with Gasteiger partial charge in [0.05, 0.1) is 6.61 Å². The second kappa shape index (κ2) is 8.35. The van der Waals surface area contributed by atoms with E-state index in [9.17, 15) is 5.11 Å². The maximum absolute atomic E-state index is 9.44. The van der Waals surface area contributed by atoms with Crippen LogP contribution in [0.15, 0.2) is 18.3 Å². The van der Waals surface area contributed by atoms with Crippen molar-refractivity contribution in [3.63, 3.8) is 0 Å². The predicted octanol–water partition coefficient (Wildman–Crippen LogP) is 2.88. The van der Waals surface area contributed by atoms with Gasteiger partial charge in [-0.2, -0.15) is 0 Å². The number of aromatic nitrogens is 1. The Morgan fingerprint density at radius 3 is 2.86 bits per heavy atom. The van der Waals surface area contributed by atoms with Crippen LogP contribution in [-0.4, -0.2) is 35.8 Å². The molecule has 1 aliphatic carbocycles. The highest BCUT2D eigenvalue weighted by atomic mass is 16.3. The lowest BCUT2D eigenvalue weighted by Crippen LogP contribution is -2.37. The number of nitrogens with zero attached hydrogens (tertiary/aromatic N) is 2. The highest BCUT2D eigenvalue weighted by molar-refractivity contribution is 5.49. The maximum Gasteiger partial charge on any atom is 0.133 e. The van der Waals surface area contributed by atoms with E-state index in [1.165, 1.54) is 31.2 Å². The van der Waals surface area contributed by atoms with Crippen LogP contribution >= 0.6 is 0 Å². The molecule has 0 saturated heterocycles. The lowest BCUT2D eigenvalue weighted by atomic mass is 10.1. The third-order valence-electron chi connectivity index (χ3n) is 4.36. The maximum atomic E-state index is 9.44. The van der Waals surface area contributed by atoms with E-state index in [4.69, 9.17) is 0 Å². The van der Waals surface area contributed by atoms with Gasteiger partial charge in [-0.1, -0.05) is 25.8 Å². The first kappa shape index (κ1) is 16.2. The molecule has 0 spiro atoms. The van der Waals surface area contributed by atoms with Crippen molar-refractivity contribution in [2.75, 3.05) is 24.6 Å². The molecular formula is C17H29N3O. The van der Waals surface area contributed by atoms with Crippen molar-refractivity contribution in [2.24, 2.45) is 0 Å². The summed E-state index contributed by atoms with van der Waals surface area (Å²) in [5.74, 6) is 1.05. The molecule has 1 aliphatic rings. The summed E-state index contributed by atoms with van der Waals surface area (Å²) in [4.78, 5) is 6.97. The van der Waals surface area contributed by atoms with Gasteiger partial charge in [-0.05, 0) is 38.8 Å². The number of hydrogen-bond donors (Lipinski definition) is 2. The minimum Gasteiger partial charge on any atom is -0.395 e. The summed E-state index contributed by atoms with van der Waals surface area (Å²) < 4.78 is 0. The number of anilines is 1. The van der Waals surface area contributed by atoms with E-state index in [1.54, 1.807) is 0 Å². The fourth-order valence-electron chi connectivity index (χ4n) is 3.24. The van der Waals surface area contributed by atoms with Gasteiger partial charge in [0, 0.05) is 30.4 Å². The highest BCUT2D eigenvalue weighted by Crippen LogP contribution is 2.31. The normalized spacial score (nSPS) is 17.1. The molecular weight excluding hydrogens is 262 g/mol. The van der Waals surface area contributed by atoms with Crippen molar-refractivity contribution in [3.8, 4) is 0 Å². The van der Waals surface area contributed by atoms with Crippen molar-refractivity contribution in [2.45, 2.75) is 58.0 Å². The topological polar surface area (TPSA) is 48.4 Å². The summed E-state index contributed by atoms with van der Waals surface area (Å²) in [7, 11) is 0. The Morgan fingerprint density at radius 2 is 2.19 bits per heavy atom. The lowest BCUT2D eigenvalue weighted by molar-refractivity contribution is 0.296. The van der Waals surface area contributed by atoms with E-state index < -0.39 is 0 Å². The van der Waals surface area contributed by atoms with E-state index in [2.05, 4.69) is 35.1 Å². The Balaban J connectivity index is 2.22. The fraction of sp³-hybridized carbons (Fsp3) is 0.706. The van der Waals surface area contributed by atoms with Crippen LogP contribution in [-0.2, 0) is 0 Å². The minimum atomic E-state index is 0.184. The van der Waals surface area contributed by atoms with Gasteiger partial charge in [0.15, 0.2) is 0 Å². The van der Waals surface area contributed by atoms with Gasteiger partial charge in [0.1, 0.15) is 5.82 Å². The summed E-state index contributed by atoms with van der Waals surface area (Å²) in [6.45, 7) is 6.25. The van der Waals surface area contributed by atoms with E-state index >= 15 is 0 Å². The quantitative estimate of drug-likeness (QED) is 0.773. The molecule has 4 nitrogen and oxygen atoms in total. The summed E-state index contributed by atoms with van der Waals surface area (Å²) in [5.41, 5.74) is 1.24. The Morgan fingerprint density at radius 1 is 1.43 bits per heavy atom. The smallest absolute Gasteiger partial charge is 0.133 e. The molecule has 1 unspecified atom stereocenters. The molecule has 1 fully saturated rings. The second-order valence-corrected chi connectivity index (χ2v) is 5.95. The molecule has 4 heteroatoms. The van der Waals surface area contributed by atoms with Gasteiger partial charge < -0.3 is 15.3 Å². The first-order valence-electron chi connectivity index (χ1n) is 8.33. The summed E-state index contributed by atoms with van der Waals surface area (Å²) in [5, 5.41) is 13.0. The zero-order valence-corrected chi connectivity index (χ0v) is 13.4. The minimum absolute atomic E-state index is 0.184. The largest absolute Gasteiger partial charge is 0.395 e. The molecule has 1 atom stereocenters. The first-order valence-corrected chi connectivity index (χ1v) is 8.33. The van der Waals surface area contributed by atoms with Gasteiger partial charge in [-0.25, -0.2) is 4.98 Å². The van der Waals surface area contributed by atoms with Crippen LogP contribution in [0.1, 0.15) is 57.6 Å². The van der Waals surface area contributed by atoms with Gasteiger partial charge in [-0.3, -0.25) is 0 Å². The van der Waals surface area contributed by atoms with Gasteiger partial charge >= 0.3 is 0 Å². The van der Waals surface area contributed by atoms with Crippen LogP contribution in [0.25, 0.3) is 0 Å². The summed E-state index contributed by atoms with van der Waals surface area (Å²) in [6.07, 6.45) is 8.00. The van der Waals surface area contributed by atoms with E-state index in [0.717, 1.165) is 18.8 Å². The molecule has 1 saturated carbocycles. The Hall–Kier alpha value is -1.13. The Labute approximate surface area is 128 Å². The second-order valence-electron chi connectivity index (χ2n) is 5.95. The highest BCUT2D eigenvalue weighted by Gasteiger charge is 2.26. The zero-order chi connectivity index (χ0) is 15.1. The van der Waals surface area contributed by atoms with Crippen LogP contribution < -0.4 is 10.2 Å². The van der Waals surface area contributed by atoms with Crippen molar-refractivity contribution in [1.82, 2.24) is 10.3 Å². The molecule has 2 rings (SSSR count). The zero-order valence-electron chi connectivity index (χ0n) is 13.4. The first-order chi connectivity index (χ1) is 10.3. The number of nitrogens with one attached hydrogen (secondary N) is 1. The molecule has 0 amide bonds. The molecule has 1 aromatic heterocycles. The van der Waals surface area contributed by atoms with E-state index in [1.807, 2.05) is 12.3 Å². The Bertz CT molecular complexity index is 418. The van der Waals surface area contributed by atoms with Crippen LogP contribution in [0.3, 0.4) is 0 Å². The molecule has 21 heavy (non-hydrogen) atoms. The number of aliphatic hydroxyl groups excluding tert-OH is 1. The molecule has 0 aliphatic heterocycles.